The Morgan fingerprint density at radius 1 is 0.707 bits per heavy atom. The molecule has 0 spiro atoms. The average molecular weight is 578 g/mol. The minimum absolute atomic E-state index is 0.0956. The van der Waals surface area contributed by atoms with E-state index in [2.05, 4.69) is 80.1 Å². The second-order valence-electron chi connectivity index (χ2n) is 9.63. The van der Waals surface area contributed by atoms with Crippen LogP contribution in [0, 0.1) is 0 Å². The third-order valence-corrected chi connectivity index (χ3v) is 7.39. The Kier molecular flexibility index (Phi) is 7.33. The normalized spacial score (nSPS) is 12.0. The van der Waals surface area contributed by atoms with Crippen molar-refractivity contribution in [3.05, 3.63) is 142 Å². The molecule has 0 atom stereocenters. The van der Waals surface area contributed by atoms with Gasteiger partial charge in [-0.1, -0.05) is 83.9 Å². The molecular formula is C33H26Cl2N6. The van der Waals surface area contributed by atoms with Crippen molar-refractivity contribution in [2.24, 2.45) is 21.7 Å². The second kappa shape index (κ2) is 11.4. The molecule has 4 aromatic carbocycles. The highest BCUT2D eigenvalue weighted by Gasteiger charge is 2.15. The van der Waals surface area contributed by atoms with Crippen LogP contribution < -0.4 is 11.5 Å². The van der Waals surface area contributed by atoms with Crippen molar-refractivity contribution >= 4 is 69.0 Å². The van der Waals surface area contributed by atoms with E-state index in [1.54, 1.807) is 6.21 Å². The SMILES string of the molecule is NC(N)=N/N=C/c1cn(/C(=C/c2cn(Cc3ccc(Cl)cc3)c3ccccc23)c2ccc(Cl)cc2)c2ccccc12. The monoisotopic (exact) mass is 576 g/mol. The number of fused-ring (bicyclic) bond motifs is 2. The molecule has 6 nitrogen and oxygen atoms in total. The van der Waals surface area contributed by atoms with Gasteiger partial charge in [-0.25, -0.2) is 0 Å². The summed E-state index contributed by atoms with van der Waals surface area (Å²) < 4.78 is 4.44. The quantitative estimate of drug-likeness (QED) is 0.116. The lowest BCUT2D eigenvalue weighted by Gasteiger charge is -2.12. The maximum absolute atomic E-state index is 6.28. The van der Waals surface area contributed by atoms with E-state index >= 15 is 0 Å². The molecule has 0 fully saturated rings. The summed E-state index contributed by atoms with van der Waals surface area (Å²) in [7, 11) is 0. The molecule has 0 aliphatic heterocycles. The van der Waals surface area contributed by atoms with Crippen LogP contribution in [0.1, 0.15) is 22.3 Å². The van der Waals surface area contributed by atoms with Crippen LogP contribution in [0.15, 0.2) is 120 Å². The molecule has 8 heteroatoms. The zero-order valence-electron chi connectivity index (χ0n) is 22.0. The summed E-state index contributed by atoms with van der Waals surface area (Å²) in [5.74, 6) is -0.0956. The van der Waals surface area contributed by atoms with Crippen molar-refractivity contribution in [2.45, 2.75) is 6.54 Å². The van der Waals surface area contributed by atoms with Crippen molar-refractivity contribution in [3.63, 3.8) is 0 Å². The molecule has 0 radical (unpaired) electrons. The fourth-order valence-corrected chi connectivity index (χ4v) is 5.29. The van der Waals surface area contributed by atoms with Gasteiger partial charge in [-0.2, -0.15) is 5.10 Å². The molecule has 6 rings (SSSR count). The highest BCUT2D eigenvalue weighted by Crippen LogP contribution is 2.32. The first-order valence-electron chi connectivity index (χ1n) is 13.0. The van der Waals surface area contributed by atoms with Gasteiger partial charge in [0.05, 0.1) is 17.4 Å². The number of hydrogen-bond donors (Lipinski definition) is 2. The molecule has 4 N–H and O–H groups in total. The van der Waals surface area contributed by atoms with Crippen LogP contribution in [0.2, 0.25) is 10.0 Å². The number of benzene rings is 4. The van der Waals surface area contributed by atoms with E-state index in [9.17, 15) is 0 Å². The summed E-state index contributed by atoms with van der Waals surface area (Å²) in [6, 6.07) is 32.4. The van der Waals surface area contributed by atoms with Gasteiger partial charge in [0.15, 0.2) is 0 Å². The standard InChI is InChI=1S/C33H26Cl2N6/c34-26-13-9-22(10-14-26)19-40-20-24(28-5-1-3-7-30(28)40)17-32(23-11-15-27(35)16-12-23)41-21-25(18-38-39-33(36)37)29-6-2-4-8-31(29)41/h1-18,20-21H,19H2,(H4,36,37,39)/b32-17+,38-18+. The van der Waals surface area contributed by atoms with E-state index in [1.165, 1.54) is 5.56 Å². The number of aromatic nitrogens is 2. The van der Waals surface area contributed by atoms with Crippen LogP contribution in [-0.4, -0.2) is 21.3 Å². The molecular weight excluding hydrogens is 551 g/mol. The smallest absolute Gasteiger partial charge is 0.211 e. The molecule has 0 saturated heterocycles. The topological polar surface area (TPSA) is 86.6 Å². The maximum Gasteiger partial charge on any atom is 0.211 e. The number of rotatable bonds is 7. The van der Waals surface area contributed by atoms with Gasteiger partial charge in [0, 0.05) is 56.4 Å². The molecule has 0 bridgehead atoms. The van der Waals surface area contributed by atoms with E-state index in [0.29, 0.717) is 5.02 Å². The molecule has 0 aliphatic rings. The molecule has 0 unspecified atom stereocenters. The Hall–Kier alpha value is -4.78. The van der Waals surface area contributed by atoms with Gasteiger partial charge in [-0.15, -0.1) is 5.10 Å². The molecule has 2 heterocycles. The number of nitrogens with two attached hydrogens (primary N) is 2. The molecule has 0 amide bonds. The summed E-state index contributed by atoms with van der Waals surface area (Å²) in [4.78, 5) is 0. The number of halogens is 2. The first kappa shape index (κ1) is 26.4. The van der Waals surface area contributed by atoms with Crippen molar-refractivity contribution < 1.29 is 0 Å². The number of nitrogens with zero attached hydrogens (tertiary/aromatic N) is 4. The average Bonchev–Trinajstić information content (AvgIpc) is 3.51. The highest BCUT2D eigenvalue weighted by atomic mass is 35.5. The van der Waals surface area contributed by atoms with Crippen molar-refractivity contribution in [3.8, 4) is 0 Å². The minimum atomic E-state index is -0.0956. The van der Waals surface area contributed by atoms with E-state index in [4.69, 9.17) is 34.7 Å². The fraction of sp³-hybridized carbons (Fsp3) is 0.0303. The van der Waals surface area contributed by atoms with Crippen LogP contribution in [0.4, 0.5) is 0 Å². The van der Waals surface area contributed by atoms with Crippen LogP contribution in [0.25, 0.3) is 33.6 Å². The third kappa shape index (κ3) is 5.61. The van der Waals surface area contributed by atoms with Crippen LogP contribution in [0.3, 0.4) is 0 Å². The predicted octanol–water partition coefficient (Wildman–Crippen LogP) is 7.60. The van der Waals surface area contributed by atoms with Crippen LogP contribution in [0.5, 0.6) is 0 Å². The van der Waals surface area contributed by atoms with E-state index in [0.717, 1.165) is 55.8 Å². The Morgan fingerprint density at radius 2 is 1.32 bits per heavy atom. The first-order valence-corrected chi connectivity index (χ1v) is 13.7. The highest BCUT2D eigenvalue weighted by molar-refractivity contribution is 6.30. The zero-order valence-corrected chi connectivity index (χ0v) is 23.5. The fourth-order valence-electron chi connectivity index (χ4n) is 5.03. The largest absolute Gasteiger partial charge is 0.369 e. The maximum atomic E-state index is 6.28. The Balaban J connectivity index is 1.55. The van der Waals surface area contributed by atoms with Gasteiger partial charge in [0.1, 0.15) is 0 Å². The number of para-hydroxylation sites is 2. The molecule has 2 aromatic heterocycles. The molecule has 0 aliphatic carbocycles. The summed E-state index contributed by atoms with van der Waals surface area (Å²) in [5, 5.41) is 11.4. The summed E-state index contributed by atoms with van der Waals surface area (Å²) >= 11 is 12.4. The molecule has 6 aromatic rings. The summed E-state index contributed by atoms with van der Waals surface area (Å²) in [6.07, 6.45) is 8.12. The Bertz CT molecular complexity index is 1940. The van der Waals surface area contributed by atoms with Crippen LogP contribution in [-0.2, 0) is 6.54 Å². The lowest BCUT2D eigenvalue weighted by atomic mass is 10.1. The van der Waals surface area contributed by atoms with Gasteiger partial charge in [0.25, 0.3) is 0 Å². The summed E-state index contributed by atoms with van der Waals surface area (Å²) in [6.45, 7) is 0.722. The van der Waals surface area contributed by atoms with Gasteiger partial charge < -0.3 is 20.6 Å². The van der Waals surface area contributed by atoms with E-state index < -0.39 is 0 Å². The summed E-state index contributed by atoms with van der Waals surface area (Å²) in [5.41, 5.74) is 18.3. The lowest BCUT2D eigenvalue weighted by Crippen LogP contribution is -2.21. The Labute approximate surface area is 247 Å². The third-order valence-electron chi connectivity index (χ3n) is 6.89. The zero-order chi connectivity index (χ0) is 28.3. The first-order chi connectivity index (χ1) is 20.0. The Morgan fingerprint density at radius 3 is 2.00 bits per heavy atom. The van der Waals surface area contributed by atoms with Crippen molar-refractivity contribution in [2.75, 3.05) is 0 Å². The lowest BCUT2D eigenvalue weighted by molar-refractivity contribution is 0.836. The molecule has 202 valence electrons. The van der Waals surface area contributed by atoms with E-state index in [1.807, 2.05) is 54.7 Å². The van der Waals surface area contributed by atoms with Gasteiger partial charge in [-0.3, -0.25) is 0 Å². The van der Waals surface area contributed by atoms with Gasteiger partial charge in [0.2, 0.25) is 5.96 Å². The van der Waals surface area contributed by atoms with Gasteiger partial charge >= 0.3 is 0 Å². The number of guanidine groups is 1. The van der Waals surface area contributed by atoms with Gasteiger partial charge in [-0.05, 0) is 53.6 Å². The number of hydrogen-bond acceptors (Lipinski definition) is 2. The second-order valence-corrected chi connectivity index (χ2v) is 10.5. The van der Waals surface area contributed by atoms with E-state index in [-0.39, 0.29) is 5.96 Å². The molecule has 0 saturated carbocycles. The van der Waals surface area contributed by atoms with Crippen molar-refractivity contribution in [1.82, 2.24) is 9.13 Å². The molecule has 41 heavy (non-hydrogen) atoms. The predicted molar refractivity (Wildman–Crippen MR) is 173 cm³/mol. The van der Waals surface area contributed by atoms with Crippen LogP contribution >= 0.6 is 23.2 Å². The minimum Gasteiger partial charge on any atom is -0.369 e. The van der Waals surface area contributed by atoms with Crippen molar-refractivity contribution in [1.29, 1.82) is 0 Å².